The number of carbonyl (C=O) groups is 1. The fraction of sp³-hybridized carbons (Fsp3) is 0.267. The van der Waals surface area contributed by atoms with Gasteiger partial charge in [-0.15, -0.1) is 11.7 Å². The van der Waals surface area contributed by atoms with Crippen molar-refractivity contribution in [1.82, 2.24) is 20.3 Å². The number of carbonyl (C=O) groups excluding carboxylic acids is 1. The van der Waals surface area contributed by atoms with E-state index >= 15 is 0 Å². The number of nitrogens with one attached hydrogen (secondary N) is 1. The molecule has 0 unspecified atom stereocenters. The molecule has 0 bridgehead atoms. The van der Waals surface area contributed by atoms with E-state index in [2.05, 4.69) is 28.2 Å². The van der Waals surface area contributed by atoms with Gasteiger partial charge in [-0.25, -0.2) is 0 Å². The van der Waals surface area contributed by atoms with Gasteiger partial charge >= 0.3 is 0 Å². The molecule has 0 saturated heterocycles. The Kier molecular flexibility index (Phi) is 3.98. The van der Waals surface area contributed by atoms with Crippen molar-refractivity contribution in [3.8, 4) is 5.69 Å². The lowest BCUT2D eigenvalue weighted by Gasteiger charge is -2.04. The molecule has 20 heavy (non-hydrogen) atoms. The fourth-order valence-corrected chi connectivity index (χ4v) is 1.97. The highest BCUT2D eigenvalue weighted by molar-refractivity contribution is 5.93. The van der Waals surface area contributed by atoms with Crippen LogP contribution in [0.3, 0.4) is 0 Å². The number of hydrogen-bond donors (Lipinski definition) is 1. The minimum absolute atomic E-state index is 0.238. The van der Waals surface area contributed by atoms with Crippen molar-refractivity contribution in [2.75, 3.05) is 6.54 Å². The molecule has 0 aliphatic rings. The zero-order chi connectivity index (χ0) is 14.7. The number of aromatic nitrogens is 3. The van der Waals surface area contributed by atoms with E-state index < -0.39 is 0 Å². The van der Waals surface area contributed by atoms with Gasteiger partial charge in [0.2, 0.25) is 0 Å². The van der Waals surface area contributed by atoms with Crippen molar-refractivity contribution in [3.63, 3.8) is 0 Å². The summed E-state index contributed by atoms with van der Waals surface area (Å²) in [6.07, 6.45) is 1.63. The van der Waals surface area contributed by atoms with Gasteiger partial charge in [0.25, 0.3) is 5.91 Å². The first-order chi connectivity index (χ1) is 9.52. The first-order valence-corrected chi connectivity index (χ1v) is 6.43. The summed E-state index contributed by atoms with van der Waals surface area (Å²) >= 11 is 0. The third-order valence-corrected chi connectivity index (χ3v) is 2.97. The first kappa shape index (κ1) is 14.0. The summed E-state index contributed by atoms with van der Waals surface area (Å²) in [6, 6.07) is 6.01. The van der Waals surface area contributed by atoms with E-state index in [0.29, 0.717) is 17.9 Å². The smallest absolute Gasteiger partial charge is 0.274 e. The second-order valence-corrected chi connectivity index (χ2v) is 4.71. The number of aryl methyl sites for hydroxylation is 3. The Balaban J connectivity index is 2.35. The molecule has 0 aliphatic heterocycles. The summed E-state index contributed by atoms with van der Waals surface area (Å²) in [5, 5.41) is 11.3. The largest absolute Gasteiger partial charge is 0.347 e. The molecule has 1 heterocycles. The Morgan fingerprint density at radius 3 is 2.75 bits per heavy atom. The lowest BCUT2D eigenvalue weighted by atomic mass is 10.1. The number of hydrogen-bond acceptors (Lipinski definition) is 3. The van der Waals surface area contributed by atoms with Crippen LogP contribution in [0.1, 0.15) is 27.3 Å². The molecule has 0 spiro atoms. The van der Waals surface area contributed by atoms with Crippen LogP contribution in [0, 0.1) is 20.8 Å². The van der Waals surface area contributed by atoms with Crippen LogP contribution < -0.4 is 5.32 Å². The van der Waals surface area contributed by atoms with Gasteiger partial charge in [-0.1, -0.05) is 23.8 Å². The second kappa shape index (κ2) is 5.69. The highest BCUT2D eigenvalue weighted by Gasteiger charge is 2.16. The van der Waals surface area contributed by atoms with Crippen molar-refractivity contribution >= 4 is 5.91 Å². The number of benzene rings is 1. The highest BCUT2D eigenvalue weighted by Crippen LogP contribution is 2.15. The molecule has 1 aromatic carbocycles. The number of nitrogens with zero attached hydrogens (tertiary/aromatic N) is 3. The molecule has 1 N–H and O–H groups in total. The van der Waals surface area contributed by atoms with Gasteiger partial charge in [0.1, 0.15) is 0 Å². The van der Waals surface area contributed by atoms with Gasteiger partial charge in [0, 0.05) is 6.54 Å². The predicted octanol–water partition coefficient (Wildman–Crippen LogP) is 2.11. The van der Waals surface area contributed by atoms with Gasteiger partial charge in [-0.3, -0.25) is 4.79 Å². The zero-order valence-electron chi connectivity index (χ0n) is 12.0. The molecule has 5 nitrogen and oxygen atoms in total. The Hall–Kier alpha value is -2.43. The van der Waals surface area contributed by atoms with Crippen LogP contribution in [0.25, 0.3) is 5.69 Å². The van der Waals surface area contributed by atoms with Crippen molar-refractivity contribution in [1.29, 1.82) is 0 Å². The van der Waals surface area contributed by atoms with Crippen molar-refractivity contribution < 1.29 is 4.79 Å². The normalized spacial score (nSPS) is 10.3. The molecule has 0 atom stereocenters. The van der Waals surface area contributed by atoms with Crippen molar-refractivity contribution in [3.05, 3.63) is 53.4 Å². The van der Waals surface area contributed by atoms with E-state index in [-0.39, 0.29) is 5.91 Å². The summed E-state index contributed by atoms with van der Waals surface area (Å²) in [7, 11) is 0. The van der Waals surface area contributed by atoms with Crippen LogP contribution in [0.5, 0.6) is 0 Å². The third-order valence-electron chi connectivity index (χ3n) is 2.97. The third kappa shape index (κ3) is 2.77. The van der Waals surface area contributed by atoms with Crippen LogP contribution in [0.15, 0.2) is 30.9 Å². The molecular weight excluding hydrogens is 252 g/mol. The molecule has 2 rings (SSSR count). The van der Waals surface area contributed by atoms with Gasteiger partial charge in [0.15, 0.2) is 5.69 Å². The summed E-state index contributed by atoms with van der Waals surface area (Å²) in [6.45, 7) is 9.78. The van der Waals surface area contributed by atoms with Crippen molar-refractivity contribution in [2.45, 2.75) is 20.8 Å². The number of amides is 1. The quantitative estimate of drug-likeness (QED) is 0.866. The van der Waals surface area contributed by atoms with Crippen LogP contribution in [-0.4, -0.2) is 27.4 Å². The van der Waals surface area contributed by atoms with Crippen LogP contribution in [-0.2, 0) is 0 Å². The summed E-state index contributed by atoms with van der Waals surface area (Å²) in [5.74, 6) is -0.238. The Morgan fingerprint density at radius 2 is 2.10 bits per heavy atom. The fourth-order valence-electron chi connectivity index (χ4n) is 1.97. The highest BCUT2D eigenvalue weighted by atomic mass is 16.2. The Bertz CT molecular complexity index is 658. The summed E-state index contributed by atoms with van der Waals surface area (Å²) < 4.78 is 0. The Morgan fingerprint density at radius 1 is 1.35 bits per heavy atom. The Labute approximate surface area is 118 Å². The summed E-state index contributed by atoms with van der Waals surface area (Å²) in [4.78, 5) is 13.4. The van der Waals surface area contributed by atoms with E-state index in [0.717, 1.165) is 11.3 Å². The van der Waals surface area contributed by atoms with E-state index in [9.17, 15) is 4.79 Å². The van der Waals surface area contributed by atoms with Crippen LogP contribution in [0.2, 0.25) is 0 Å². The van der Waals surface area contributed by atoms with Gasteiger partial charge in [-0.05, 0) is 32.4 Å². The summed E-state index contributed by atoms with van der Waals surface area (Å²) in [5.41, 5.74) is 4.07. The first-order valence-electron chi connectivity index (χ1n) is 6.43. The van der Waals surface area contributed by atoms with Crippen LogP contribution in [0.4, 0.5) is 0 Å². The molecule has 0 radical (unpaired) electrons. The van der Waals surface area contributed by atoms with Gasteiger partial charge < -0.3 is 5.32 Å². The predicted molar refractivity (Wildman–Crippen MR) is 78.1 cm³/mol. The monoisotopic (exact) mass is 270 g/mol. The molecule has 0 saturated carbocycles. The standard InChI is InChI=1S/C15H18N4O/c1-5-8-16-15(20)14-12(4)17-19(18-14)13-7-6-10(2)9-11(13)3/h5-7,9H,1,8H2,2-4H3,(H,16,20). The SMILES string of the molecule is C=CCNC(=O)c1nn(-c2ccc(C)cc2C)nc1C. The molecular formula is C15H18N4O. The molecule has 104 valence electrons. The average molecular weight is 270 g/mol. The maximum absolute atomic E-state index is 11.9. The second-order valence-electron chi connectivity index (χ2n) is 4.71. The molecule has 1 amide bonds. The molecule has 5 heteroatoms. The lowest BCUT2D eigenvalue weighted by molar-refractivity contribution is 0.0952. The van der Waals surface area contributed by atoms with Crippen LogP contribution >= 0.6 is 0 Å². The van der Waals surface area contributed by atoms with E-state index in [1.54, 1.807) is 13.0 Å². The molecule has 0 aliphatic carbocycles. The average Bonchev–Trinajstić information content (AvgIpc) is 2.78. The maximum atomic E-state index is 11.9. The van der Waals surface area contributed by atoms with Gasteiger partial charge in [-0.2, -0.15) is 9.90 Å². The van der Waals surface area contributed by atoms with E-state index in [1.807, 2.05) is 26.0 Å². The minimum atomic E-state index is -0.238. The van der Waals surface area contributed by atoms with Crippen molar-refractivity contribution in [2.24, 2.45) is 0 Å². The molecule has 0 fully saturated rings. The van der Waals surface area contributed by atoms with E-state index in [4.69, 9.17) is 0 Å². The lowest BCUT2D eigenvalue weighted by Crippen LogP contribution is -2.24. The maximum Gasteiger partial charge on any atom is 0.274 e. The zero-order valence-corrected chi connectivity index (χ0v) is 12.0. The van der Waals surface area contributed by atoms with E-state index in [1.165, 1.54) is 10.4 Å². The molecule has 2 aromatic rings. The molecule has 1 aromatic heterocycles. The number of rotatable bonds is 4. The van der Waals surface area contributed by atoms with Gasteiger partial charge in [0.05, 0.1) is 11.4 Å². The minimum Gasteiger partial charge on any atom is -0.347 e. The topological polar surface area (TPSA) is 59.8 Å².